The molecule has 1 aliphatic heterocycles. The van der Waals surface area contributed by atoms with E-state index in [1.165, 1.54) is 18.2 Å². The number of carbonyl (C=O) groups excluding carboxylic acids is 1. The molecule has 142 valence electrons. The molecule has 3 rings (SSSR count). The Balaban J connectivity index is 1.66. The molecule has 1 heterocycles. The van der Waals surface area contributed by atoms with Crippen LogP contribution in [0.25, 0.3) is 0 Å². The van der Waals surface area contributed by atoms with Crippen molar-refractivity contribution in [1.29, 1.82) is 0 Å². The van der Waals surface area contributed by atoms with E-state index < -0.39 is 23.6 Å². The summed E-state index contributed by atoms with van der Waals surface area (Å²) in [5.41, 5.74) is 5.52. The highest BCUT2D eigenvalue weighted by Gasteiger charge is 2.38. The molecule has 27 heavy (non-hydrogen) atoms. The van der Waals surface area contributed by atoms with Gasteiger partial charge in [0.2, 0.25) is 17.4 Å². The zero-order valence-electron chi connectivity index (χ0n) is 13.6. The van der Waals surface area contributed by atoms with Gasteiger partial charge in [0.25, 0.3) is 0 Å². The number of carbonyl (C=O) groups is 1. The Bertz CT molecular complexity index is 884. The van der Waals surface area contributed by atoms with E-state index in [2.05, 4.69) is 0 Å². The molecule has 0 aromatic heterocycles. The van der Waals surface area contributed by atoms with Crippen LogP contribution in [-0.2, 0) is 25.6 Å². The van der Waals surface area contributed by atoms with Crippen LogP contribution in [0.2, 0.25) is 5.02 Å². The number of ketones is 1. The topological polar surface area (TPSA) is 61.5 Å². The van der Waals surface area contributed by atoms with Crippen LogP contribution >= 0.6 is 23.6 Å². The Labute approximate surface area is 162 Å². The minimum atomic E-state index is -4.47. The average molecular weight is 416 g/mol. The summed E-state index contributed by atoms with van der Waals surface area (Å²) < 4.78 is 49.6. The molecule has 0 saturated heterocycles. The highest BCUT2D eigenvalue weighted by atomic mass is 35.5. The monoisotopic (exact) mass is 415 g/mol. The van der Waals surface area contributed by atoms with E-state index in [0.29, 0.717) is 22.6 Å². The number of halogens is 4. The van der Waals surface area contributed by atoms with Gasteiger partial charge in [-0.3, -0.25) is 4.79 Å². The summed E-state index contributed by atoms with van der Waals surface area (Å²) in [5, 5.41) is 0.500. The zero-order chi connectivity index (χ0) is 19.6. The number of hydrogen-bond donors (Lipinski definition) is 1. The molecular formula is C18H13ClF3NO3S. The molecule has 2 aromatic rings. The third-order valence-corrected chi connectivity index (χ3v) is 4.75. The van der Waals surface area contributed by atoms with Crippen LogP contribution in [0.3, 0.4) is 0 Å². The lowest BCUT2D eigenvalue weighted by Crippen LogP contribution is -2.10. The highest BCUT2D eigenvalue weighted by Crippen LogP contribution is 2.36. The fourth-order valence-corrected chi connectivity index (χ4v) is 3.33. The van der Waals surface area contributed by atoms with Gasteiger partial charge in [0.15, 0.2) is 6.10 Å². The Hall–Kier alpha value is -2.32. The molecule has 1 unspecified atom stereocenters. The summed E-state index contributed by atoms with van der Waals surface area (Å²) in [6.45, 7) is 0. The maximum absolute atomic E-state index is 13.0. The van der Waals surface area contributed by atoms with Crippen LogP contribution in [0.1, 0.15) is 22.8 Å². The van der Waals surface area contributed by atoms with Crippen molar-refractivity contribution in [3.8, 4) is 0 Å². The standard InChI is InChI=1S/C18H13ClF3NO3S/c19-12-7-5-10(6-8-12)15-14(24)16(17(23)25-15)26-27-9-11-3-1-2-4-13(11)18(20,21)22/h1-8,15H,9,23H2. The summed E-state index contributed by atoms with van der Waals surface area (Å²) in [4.78, 5) is 12.5. The van der Waals surface area contributed by atoms with Crippen molar-refractivity contribution in [1.82, 2.24) is 0 Å². The maximum Gasteiger partial charge on any atom is 0.416 e. The maximum atomic E-state index is 13.0. The summed E-state index contributed by atoms with van der Waals surface area (Å²) in [7, 11) is 0. The van der Waals surface area contributed by atoms with Crippen LogP contribution in [0.4, 0.5) is 13.2 Å². The van der Waals surface area contributed by atoms with E-state index in [0.717, 1.165) is 6.07 Å². The van der Waals surface area contributed by atoms with Gasteiger partial charge in [-0.15, -0.1) is 0 Å². The molecule has 1 atom stereocenters. The van der Waals surface area contributed by atoms with E-state index in [1.807, 2.05) is 0 Å². The summed E-state index contributed by atoms with van der Waals surface area (Å²) in [6.07, 6.45) is -5.44. The molecule has 1 aliphatic rings. The summed E-state index contributed by atoms with van der Waals surface area (Å²) in [5.74, 6) is -1.06. The van der Waals surface area contributed by atoms with Crippen LogP contribution in [0.15, 0.2) is 60.2 Å². The predicted molar refractivity (Wildman–Crippen MR) is 95.3 cm³/mol. The van der Waals surface area contributed by atoms with Crippen molar-refractivity contribution in [2.45, 2.75) is 18.0 Å². The number of alkyl halides is 3. The van der Waals surface area contributed by atoms with E-state index in [9.17, 15) is 18.0 Å². The number of rotatable bonds is 5. The highest BCUT2D eigenvalue weighted by molar-refractivity contribution is 7.94. The van der Waals surface area contributed by atoms with Crippen LogP contribution in [0.5, 0.6) is 0 Å². The Morgan fingerprint density at radius 2 is 1.81 bits per heavy atom. The van der Waals surface area contributed by atoms with Crippen molar-refractivity contribution in [3.63, 3.8) is 0 Å². The minimum absolute atomic E-state index is 0.0368. The van der Waals surface area contributed by atoms with Gasteiger partial charge in [-0.1, -0.05) is 41.9 Å². The number of benzene rings is 2. The molecule has 4 nitrogen and oxygen atoms in total. The molecule has 0 amide bonds. The van der Waals surface area contributed by atoms with Crippen molar-refractivity contribution in [2.24, 2.45) is 5.73 Å². The van der Waals surface area contributed by atoms with Gasteiger partial charge in [0, 0.05) is 10.6 Å². The number of ether oxygens (including phenoxy) is 1. The van der Waals surface area contributed by atoms with Crippen molar-refractivity contribution < 1.29 is 26.9 Å². The summed E-state index contributed by atoms with van der Waals surface area (Å²) in [6, 6.07) is 11.6. The lowest BCUT2D eigenvalue weighted by molar-refractivity contribution is -0.138. The lowest BCUT2D eigenvalue weighted by Gasteiger charge is -2.12. The predicted octanol–water partition coefficient (Wildman–Crippen LogP) is 4.99. The van der Waals surface area contributed by atoms with Gasteiger partial charge in [-0.05, 0) is 23.8 Å². The first-order valence-electron chi connectivity index (χ1n) is 7.68. The van der Waals surface area contributed by atoms with Crippen molar-refractivity contribution >= 4 is 29.4 Å². The Morgan fingerprint density at radius 1 is 1.15 bits per heavy atom. The normalized spacial score (nSPS) is 17.2. The molecule has 9 heteroatoms. The van der Waals surface area contributed by atoms with E-state index in [-0.39, 0.29) is 23.0 Å². The molecule has 2 aromatic carbocycles. The van der Waals surface area contributed by atoms with Gasteiger partial charge in [0.05, 0.1) is 23.4 Å². The third-order valence-electron chi connectivity index (χ3n) is 3.78. The molecule has 0 bridgehead atoms. The molecule has 2 N–H and O–H groups in total. The molecule has 0 aliphatic carbocycles. The van der Waals surface area contributed by atoms with E-state index in [1.54, 1.807) is 24.3 Å². The van der Waals surface area contributed by atoms with Gasteiger partial charge >= 0.3 is 6.18 Å². The summed E-state index contributed by atoms with van der Waals surface area (Å²) >= 11 is 6.50. The first-order valence-corrected chi connectivity index (χ1v) is 8.97. The van der Waals surface area contributed by atoms with Crippen LogP contribution in [0, 0.1) is 0 Å². The first-order chi connectivity index (χ1) is 12.8. The fourth-order valence-electron chi connectivity index (χ4n) is 2.49. The second-order valence-corrected chi connectivity index (χ2v) is 6.73. The number of Topliss-reactive ketones (excluding diaryl/α,β-unsaturated/α-hetero) is 1. The van der Waals surface area contributed by atoms with Crippen LogP contribution in [-0.4, -0.2) is 5.78 Å². The smallest absolute Gasteiger partial charge is 0.416 e. The second kappa shape index (κ2) is 7.74. The van der Waals surface area contributed by atoms with Gasteiger partial charge in [-0.25, -0.2) is 0 Å². The van der Waals surface area contributed by atoms with Crippen molar-refractivity contribution in [3.05, 3.63) is 81.9 Å². The lowest BCUT2D eigenvalue weighted by atomic mass is 10.1. The largest absolute Gasteiger partial charge is 0.460 e. The van der Waals surface area contributed by atoms with Crippen molar-refractivity contribution in [2.75, 3.05) is 0 Å². The quantitative estimate of drug-likeness (QED) is 0.697. The van der Waals surface area contributed by atoms with E-state index in [4.69, 9.17) is 26.3 Å². The zero-order valence-corrected chi connectivity index (χ0v) is 15.2. The van der Waals surface area contributed by atoms with Gasteiger partial charge in [-0.2, -0.15) is 13.2 Å². The van der Waals surface area contributed by atoms with Gasteiger partial charge in [0.1, 0.15) is 0 Å². The molecule has 0 fully saturated rings. The Kier molecular flexibility index (Phi) is 5.57. The second-order valence-electron chi connectivity index (χ2n) is 5.61. The van der Waals surface area contributed by atoms with Crippen LogP contribution < -0.4 is 5.73 Å². The fraction of sp³-hybridized carbons (Fsp3) is 0.167. The van der Waals surface area contributed by atoms with E-state index >= 15 is 0 Å². The number of nitrogens with two attached hydrogens (primary N) is 1. The minimum Gasteiger partial charge on any atom is -0.460 e. The molecule has 0 saturated carbocycles. The average Bonchev–Trinajstić information content (AvgIpc) is 2.90. The van der Waals surface area contributed by atoms with Gasteiger partial charge < -0.3 is 14.7 Å². The third kappa shape index (κ3) is 4.33. The number of hydrogen-bond acceptors (Lipinski definition) is 5. The molecule has 0 spiro atoms. The Morgan fingerprint density at radius 3 is 2.48 bits per heavy atom. The SMILES string of the molecule is NC1=C(OSCc2ccccc2C(F)(F)F)C(=O)C(c2ccc(Cl)cc2)O1. The molecule has 0 radical (unpaired) electrons. The first kappa shape index (κ1) is 19.4. The molecular weight excluding hydrogens is 403 g/mol.